The lowest BCUT2D eigenvalue weighted by atomic mass is 9.49. The summed E-state index contributed by atoms with van der Waals surface area (Å²) in [5.41, 5.74) is 2.17. The summed E-state index contributed by atoms with van der Waals surface area (Å²) in [6.45, 7) is 11.8. The number of fused-ring (bicyclic) bond motifs is 1. The van der Waals surface area contributed by atoms with Gasteiger partial charge < -0.3 is 19.9 Å². The van der Waals surface area contributed by atoms with Crippen molar-refractivity contribution in [1.82, 2.24) is 25.4 Å². The minimum Gasteiger partial charge on any atom is -0.489 e. The number of aromatic nitrogens is 1. The van der Waals surface area contributed by atoms with E-state index in [4.69, 9.17) is 16.3 Å². The smallest absolute Gasteiger partial charge is 0.270 e. The van der Waals surface area contributed by atoms with E-state index in [1.54, 1.807) is 42.6 Å². The van der Waals surface area contributed by atoms with Gasteiger partial charge in [-0.05, 0) is 87.7 Å². The van der Waals surface area contributed by atoms with Gasteiger partial charge in [-0.15, -0.1) is 0 Å². The largest absolute Gasteiger partial charge is 0.489 e. The van der Waals surface area contributed by atoms with Crippen LogP contribution >= 0.6 is 11.6 Å². The number of nitrogens with one attached hydrogen (secondary N) is 2. The second-order valence-electron chi connectivity index (χ2n) is 17.7. The van der Waals surface area contributed by atoms with Gasteiger partial charge in [0.15, 0.2) is 0 Å². The van der Waals surface area contributed by atoms with E-state index in [2.05, 4.69) is 71.0 Å². The predicted molar refractivity (Wildman–Crippen MR) is 223 cm³/mol. The van der Waals surface area contributed by atoms with Crippen LogP contribution < -0.4 is 20.3 Å². The molecule has 5 amide bonds. The number of pyridine rings is 1. The first kappa shape index (κ1) is 41.0. The van der Waals surface area contributed by atoms with Crippen molar-refractivity contribution in [3.05, 3.63) is 87.7 Å². The maximum Gasteiger partial charge on any atom is 0.270 e. The summed E-state index contributed by atoms with van der Waals surface area (Å²) >= 11 is 6.24. The van der Waals surface area contributed by atoms with Crippen molar-refractivity contribution in [2.45, 2.75) is 90.4 Å². The molecule has 3 saturated heterocycles. The van der Waals surface area contributed by atoms with Crippen molar-refractivity contribution in [3.8, 4) is 23.7 Å². The van der Waals surface area contributed by atoms with Crippen LogP contribution in [0.3, 0.4) is 0 Å². The Kier molecular flexibility index (Phi) is 10.9. The van der Waals surface area contributed by atoms with Crippen molar-refractivity contribution >= 4 is 46.8 Å². The minimum atomic E-state index is -0.978. The highest BCUT2D eigenvalue weighted by molar-refractivity contribution is 6.31. The Morgan fingerprint density at radius 1 is 0.900 bits per heavy atom. The molecule has 5 heterocycles. The highest BCUT2D eigenvalue weighted by Crippen LogP contribution is 2.55. The number of likely N-dealkylation sites (tertiary alicyclic amines) is 1. The fraction of sp³-hybridized carbons (Fsp3) is 0.457. The number of halogens is 1. The average molecular weight is 830 g/mol. The number of nitrogens with zero attached hydrogens (tertiary/aromatic N) is 5. The Labute approximate surface area is 354 Å². The second-order valence-corrected chi connectivity index (χ2v) is 18.1. The third-order valence-corrected chi connectivity index (χ3v) is 13.5. The van der Waals surface area contributed by atoms with E-state index in [0.29, 0.717) is 39.2 Å². The molecule has 13 nitrogen and oxygen atoms in total. The van der Waals surface area contributed by atoms with Crippen LogP contribution in [0.5, 0.6) is 5.75 Å². The Morgan fingerprint density at radius 2 is 1.62 bits per heavy atom. The molecule has 1 aliphatic carbocycles. The molecule has 1 saturated carbocycles. The van der Waals surface area contributed by atoms with Crippen LogP contribution in [-0.2, 0) is 9.59 Å². The van der Waals surface area contributed by atoms with E-state index in [9.17, 15) is 29.2 Å². The van der Waals surface area contributed by atoms with E-state index in [0.717, 1.165) is 68.0 Å². The molecule has 310 valence electrons. The third-order valence-electron chi connectivity index (χ3n) is 13.1. The fourth-order valence-electron chi connectivity index (χ4n) is 10.1. The topological polar surface area (TPSA) is 165 Å². The van der Waals surface area contributed by atoms with Gasteiger partial charge in [-0.25, -0.2) is 4.98 Å². The Morgan fingerprint density at radius 3 is 2.27 bits per heavy atom. The molecule has 2 N–H and O–H groups in total. The first-order valence-corrected chi connectivity index (χ1v) is 21.0. The quantitative estimate of drug-likeness (QED) is 0.234. The molecule has 0 bridgehead atoms. The average Bonchev–Trinajstić information content (AvgIpc) is 3.49. The number of hydrogen-bond acceptors (Lipinski definition) is 10. The van der Waals surface area contributed by atoms with E-state index >= 15 is 0 Å². The molecule has 8 rings (SSSR count). The first-order valence-electron chi connectivity index (χ1n) is 20.6. The van der Waals surface area contributed by atoms with Gasteiger partial charge in [0.05, 0.1) is 21.7 Å². The molecule has 14 heteroatoms. The Bertz CT molecular complexity index is 2350. The van der Waals surface area contributed by atoms with Gasteiger partial charge in [-0.1, -0.05) is 51.1 Å². The van der Waals surface area contributed by atoms with Crippen molar-refractivity contribution in [1.29, 1.82) is 5.26 Å². The summed E-state index contributed by atoms with van der Waals surface area (Å²) in [5, 5.41) is 15.0. The molecule has 1 aromatic heterocycles. The van der Waals surface area contributed by atoms with Crippen molar-refractivity contribution in [3.63, 3.8) is 0 Å². The van der Waals surface area contributed by atoms with Gasteiger partial charge in [0.1, 0.15) is 29.7 Å². The standard InChI is InChI=1S/C46H48ClN7O6/c1-45(2)43(46(3,4)44(45)60-32-10-8-29(25-48)35(47)24-32)51-39(56)36-12-7-28(26-49-36)6-5-27-15-19-52(20-16-27)30-17-21-53(22-18-30)31-9-11-33-34(23-31)42(59)54(41(33)58)37-13-14-38(55)50-40(37)57/h7-12,23-24,26-27,30,37,43-44H,13-22H2,1-4H3,(H,51,56)(H,50,55,57). The number of carbonyl (C=O) groups excluding carboxylic acids is 5. The SMILES string of the molecule is CC1(C)C(NC(=O)c2ccc(C#CC3CCN(C4CCN(c5ccc6c(c5)C(=O)N(C5CCC(=O)NC5=O)C6=O)CC4)CC3)cn2)C(C)(C)C1Oc1ccc(C#N)c(Cl)c1. The summed E-state index contributed by atoms with van der Waals surface area (Å²) in [6, 6.07) is 15.3. The number of hydrogen-bond donors (Lipinski definition) is 2. The van der Waals surface area contributed by atoms with Crippen LogP contribution in [0.4, 0.5) is 5.69 Å². The van der Waals surface area contributed by atoms with Crippen LogP contribution in [0.25, 0.3) is 0 Å². The minimum absolute atomic E-state index is 0.0871. The van der Waals surface area contributed by atoms with Crippen molar-refractivity contribution in [2.75, 3.05) is 31.1 Å². The molecular formula is C46H48ClN7O6. The highest BCUT2D eigenvalue weighted by atomic mass is 35.5. The Balaban J connectivity index is 0.794. The molecule has 1 unspecified atom stereocenters. The van der Waals surface area contributed by atoms with E-state index in [1.807, 2.05) is 12.1 Å². The maximum atomic E-state index is 13.4. The van der Waals surface area contributed by atoms with Gasteiger partial charge in [0.25, 0.3) is 17.7 Å². The first-order chi connectivity index (χ1) is 28.6. The predicted octanol–water partition coefficient (Wildman–Crippen LogP) is 5.35. The second kappa shape index (κ2) is 16.0. The van der Waals surface area contributed by atoms with Gasteiger partial charge in [-0.2, -0.15) is 5.26 Å². The molecule has 2 aromatic carbocycles. The summed E-state index contributed by atoms with van der Waals surface area (Å²) in [7, 11) is 0. The van der Waals surface area contributed by atoms with E-state index in [-0.39, 0.29) is 47.6 Å². The zero-order valence-electron chi connectivity index (χ0n) is 34.2. The Hall–Kier alpha value is -5.76. The molecule has 0 radical (unpaired) electrons. The van der Waals surface area contributed by atoms with Crippen LogP contribution in [-0.4, -0.2) is 94.7 Å². The summed E-state index contributed by atoms with van der Waals surface area (Å²) in [5.74, 6) is 5.33. The van der Waals surface area contributed by atoms with Crippen LogP contribution in [0.2, 0.25) is 5.02 Å². The number of piperidine rings is 3. The number of carbonyl (C=O) groups is 5. The van der Waals surface area contributed by atoms with Crippen LogP contribution in [0.15, 0.2) is 54.7 Å². The number of nitriles is 1. The lowest BCUT2D eigenvalue weighted by Gasteiger charge is -2.63. The van der Waals surface area contributed by atoms with Crippen molar-refractivity contribution in [2.24, 2.45) is 16.7 Å². The lowest BCUT2D eigenvalue weighted by molar-refractivity contribution is -0.164. The summed E-state index contributed by atoms with van der Waals surface area (Å²) < 4.78 is 6.35. The monoisotopic (exact) mass is 829 g/mol. The molecule has 4 aliphatic heterocycles. The number of amides is 5. The van der Waals surface area contributed by atoms with Gasteiger partial charge >= 0.3 is 0 Å². The summed E-state index contributed by atoms with van der Waals surface area (Å²) in [4.78, 5) is 74.2. The zero-order valence-corrected chi connectivity index (χ0v) is 35.0. The number of benzene rings is 2. The molecule has 5 aliphatic rings. The number of rotatable bonds is 7. The number of imide groups is 2. The highest BCUT2D eigenvalue weighted by Gasteiger charge is 2.64. The van der Waals surface area contributed by atoms with Gasteiger partial charge in [-0.3, -0.25) is 34.2 Å². The number of ether oxygens (including phenoxy) is 1. The molecule has 3 aromatic rings. The molecular weight excluding hydrogens is 782 g/mol. The molecule has 60 heavy (non-hydrogen) atoms. The molecule has 0 spiro atoms. The molecule has 4 fully saturated rings. The lowest BCUT2D eigenvalue weighted by Crippen LogP contribution is -2.74. The zero-order chi connectivity index (χ0) is 42.5. The number of anilines is 1. The van der Waals surface area contributed by atoms with Crippen LogP contribution in [0, 0.1) is 39.9 Å². The van der Waals surface area contributed by atoms with Crippen LogP contribution in [0.1, 0.15) is 109 Å². The molecule has 1 atom stereocenters. The maximum absolute atomic E-state index is 13.4. The third kappa shape index (κ3) is 7.61. The van der Waals surface area contributed by atoms with Gasteiger partial charge in [0.2, 0.25) is 11.8 Å². The van der Waals surface area contributed by atoms with E-state index in [1.165, 1.54) is 0 Å². The van der Waals surface area contributed by atoms with Crippen molar-refractivity contribution < 1.29 is 28.7 Å². The summed E-state index contributed by atoms with van der Waals surface area (Å²) in [6.07, 6.45) is 5.57. The van der Waals surface area contributed by atoms with E-state index < -0.39 is 29.7 Å². The normalized spacial score (nSPS) is 24.1. The van der Waals surface area contributed by atoms with Gasteiger partial charge in [0, 0.05) is 71.9 Å². The fourth-order valence-corrected chi connectivity index (χ4v) is 10.4.